The van der Waals surface area contributed by atoms with E-state index in [2.05, 4.69) is 4.98 Å². The van der Waals surface area contributed by atoms with Crippen LogP contribution >= 0.6 is 0 Å². The summed E-state index contributed by atoms with van der Waals surface area (Å²) in [7, 11) is 2.42. The van der Waals surface area contributed by atoms with Gasteiger partial charge in [-0.2, -0.15) is 13.2 Å². The van der Waals surface area contributed by atoms with Crippen LogP contribution in [-0.4, -0.2) is 31.1 Å². The van der Waals surface area contributed by atoms with Crippen molar-refractivity contribution in [1.82, 2.24) is 4.98 Å². The molecule has 8 heteroatoms. The minimum absolute atomic E-state index is 0.0878. The highest BCUT2D eigenvalue weighted by Gasteiger charge is 2.53. The number of ether oxygens (including phenoxy) is 2. The summed E-state index contributed by atoms with van der Waals surface area (Å²) in [4.78, 5) is 29.5. The number of methoxy groups -OCH3 is 2. The van der Waals surface area contributed by atoms with E-state index in [1.54, 1.807) is 13.8 Å². The highest BCUT2D eigenvalue weighted by atomic mass is 19.4. The first-order valence-corrected chi connectivity index (χ1v) is 8.88. The molecular weight excluding hydrogens is 387 g/mol. The van der Waals surface area contributed by atoms with Crippen molar-refractivity contribution >= 4 is 11.9 Å². The van der Waals surface area contributed by atoms with Gasteiger partial charge < -0.3 is 9.47 Å². The van der Waals surface area contributed by atoms with Gasteiger partial charge >= 0.3 is 18.1 Å². The molecule has 0 radical (unpaired) electrons. The molecule has 154 valence electrons. The third-order valence-electron chi connectivity index (χ3n) is 5.48. The van der Waals surface area contributed by atoms with Gasteiger partial charge in [-0.3, -0.25) is 14.6 Å². The summed E-state index contributed by atoms with van der Waals surface area (Å²) in [5.74, 6) is -1.37. The number of hydrogen-bond donors (Lipinski definition) is 0. The van der Waals surface area contributed by atoms with Gasteiger partial charge in [0, 0.05) is 24.1 Å². The average molecular weight is 407 g/mol. The lowest BCUT2D eigenvalue weighted by atomic mass is 9.84. The van der Waals surface area contributed by atoms with E-state index >= 15 is 0 Å². The van der Waals surface area contributed by atoms with Crippen molar-refractivity contribution in [2.45, 2.75) is 32.9 Å². The van der Waals surface area contributed by atoms with Crippen LogP contribution in [0.25, 0.3) is 11.3 Å². The summed E-state index contributed by atoms with van der Waals surface area (Å²) in [6.45, 7) is 3.53. The zero-order valence-electron chi connectivity index (χ0n) is 16.4. The Kier molecular flexibility index (Phi) is 5.15. The van der Waals surface area contributed by atoms with Gasteiger partial charge in [-0.05, 0) is 42.7 Å². The van der Waals surface area contributed by atoms with Crippen LogP contribution in [0.1, 0.15) is 27.9 Å². The van der Waals surface area contributed by atoms with E-state index in [0.29, 0.717) is 22.5 Å². The molecule has 0 unspecified atom stereocenters. The summed E-state index contributed by atoms with van der Waals surface area (Å²) < 4.78 is 48.3. The molecule has 0 saturated carbocycles. The fourth-order valence-electron chi connectivity index (χ4n) is 3.91. The molecule has 0 aliphatic heterocycles. The zero-order chi connectivity index (χ0) is 21.6. The van der Waals surface area contributed by atoms with Crippen molar-refractivity contribution < 1.29 is 32.2 Å². The van der Waals surface area contributed by atoms with Gasteiger partial charge in [0.25, 0.3) is 0 Å². The Morgan fingerprint density at radius 2 is 1.48 bits per heavy atom. The van der Waals surface area contributed by atoms with Gasteiger partial charge in [0.2, 0.25) is 0 Å². The number of carbonyl (C=O) groups excluding carboxylic acids is 2. The standard InChI is InChI=1S/C21H20F3NO4/c1-11-15-9-20(18(26)28-3,19(27)29-4)10-16(15)12(2)25-17(11)13-5-7-14(8-6-13)21(22,23)24/h5-8H,9-10H2,1-4H3. The Morgan fingerprint density at radius 3 is 1.97 bits per heavy atom. The van der Waals surface area contributed by atoms with Gasteiger partial charge in [-0.15, -0.1) is 0 Å². The molecule has 1 aliphatic rings. The molecule has 0 spiro atoms. The van der Waals surface area contributed by atoms with Gasteiger partial charge in [-0.25, -0.2) is 0 Å². The second kappa shape index (κ2) is 7.17. The molecule has 1 heterocycles. The first-order valence-electron chi connectivity index (χ1n) is 8.88. The number of aryl methyl sites for hydroxylation is 1. The van der Waals surface area contributed by atoms with Crippen LogP contribution in [-0.2, 0) is 38.1 Å². The van der Waals surface area contributed by atoms with Gasteiger partial charge in [-0.1, -0.05) is 12.1 Å². The molecule has 0 N–H and O–H groups in total. The van der Waals surface area contributed by atoms with Crippen LogP contribution in [0.2, 0.25) is 0 Å². The number of hydrogen-bond acceptors (Lipinski definition) is 5. The molecule has 1 aliphatic carbocycles. The lowest BCUT2D eigenvalue weighted by molar-refractivity contribution is -0.168. The van der Waals surface area contributed by atoms with E-state index in [0.717, 1.165) is 23.3 Å². The monoisotopic (exact) mass is 407 g/mol. The number of nitrogens with zero attached hydrogens (tertiary/aromatic N) is 1. The number of fused-ring (bicyclic) bond motifs is 1. The van der Waals surface area contributed by atoms with Crippen LogP contribution in [0.4, 0.5) is 13.2 Å². The predicted octanol–water partition coefficient (Wildman–Crippen LogP) is 3.82. The summed E-state index contributed by atoms with van der Waals surface area (Å²) in [5, 5.41) is 0. The van der Waals surface area contributed by atoms with E-state index in [1.165, 1.54) is 26.4 Å². The Labute approximate surface area is 165 Å². The predicted molar refractivity (Wildman–Crippen MR) is 98.0 cm³/mol. The Morgan fingerprint density at radius 1 is 0.966 bits per heavy atom. The fourth-order valence-corrected chi connectivity index (χ4v) is 3.91. The third kappa shape index (κ3) is 3.36. The SMILES string of the molecule is COC(=O)C1(C(=O)OC)Cc2c(C)nc(-c3ccc(C(F)(F)F)cc3)c(C)c2C1. The maximum absolute atomic E-state index is 12.8. The molecule has 0 bridgehead atoms. The average Bonchev–Trinajstić information content (AvgIpc) is 3.12. The van der Waals surface area contributed by atoms with E-state index in [-0.39, 0.29) is 12.8 Å². The van der Waals surface area contributed by atoms with Crippen LogP contribution < -0.4 is 0 Å². The third-order valence-corrected chi connectivity index (χ3v) is 5.48. The maximum Gasteiger partial charge on any atom is 0.416 e. The van der Waals surface area contributed by atoms with Crippen molar-refractivity contribution in [3.05, 3.63) is 52.2 Å². The molecule has 2 aromatic rings. The largest absolute Gasteiger partial charge is 0.468 e. The van der Waals surface area contributed by atoms with Crippen molar-refractivity contribution in [2.75, 3.05) is 14.2 Å². The molecule has 0 saturated heterocycles. The second-order valence-corrected chi connectivity index (χ2v) is 7.12. The normalized spacial score (nSPS) is 15.0. The molecular formula is C21H20F3NO4. The smallest absolute Gasteiger partial charge is 0.416 e. The minimum Gasteiger partial charge on any atom is -0.468 e. The van der Waals surface area contributed by atoms with Crippen molar-refractivity contribution in [3.8, 4) is 11.3 Å². The number of halogens is 3. The lowest BCUT2D eigenvalue weighted by Crippen LogP contribution is -2.42. The number of rotatable bonds is 3. The number of carbonyl (C=O) groups is 2. The first kappa shape index (κ1) is 20.8. The van der Waals surface area contributed by atoms with Crippen LogP contribution in [0.3, 0.4) is 0 Å². The van der Waals surface area contributed by atoms with Gasteiger partial charge in [0.05, 0.1) is 25.5 Å². The van der Waals surface area contributed by atoms with Gasteiger partial charge in [0.15, 0.2) is 5.41 Å². The van der Waals surface area contributed by atoms with Crippen LogP contribution in [0, 0.1) is 19.3 Å². The molecule has 1 aromatic heterocycles. The summed E-state index contributed by atoms with van der Waals surface area (Å²) in [6, 6.07) is 4.75. The minimum atomic E-state index is -4.42. The molecule has 0 fully saturated rings. The molecule has 29 heavy (non-hydrogen) atoms. The highest BCUT2D eigenvalue weighted by Crippen LogP contribution is 2.43. The molecule has 1 aromatic carbocycles. The number of benzene rings is 1. The summed E-state index contributed by atoms with van der Waals surface area (Å²) >= 11 is 0. The zero-order valence-corrected chi connectivity index (χ0v) is 16.4. The molecule has 0 amide bonds. The van der Waals surface area contributed by atoms with Crippen molar-refractivity contribution in [2.24, 2.45) is 5.41 Å². The maximum atomic E-state index is 12.8. The van der Waals surface area contributed by atoms with Crippen molar-refractivity contribution in [3.63, 3.8) is 0 Å². The van der Waals surface area contributed by atoms with Crippen LogP contribution in [0.15, 0.2) is 24.3 Å². The van der Waals surface area contributed by atoms with Crippen LogP contribution in [0.5, 0.6) is 0 Å². The fraction of sp³-hybridized carbons (Fsp3) is 0.381. The van der Waals surface area contributed by atoms with E-state index in [9.17, 15) is 22.8 Å². The highest BCUT2D eigenvalue weighted by molar-refractivity contribution is 6.01. The summed E-state index contributed by atoms with van der Waals surface area (Å²) in [5.41, 5.74) is 1.65. The number of aromatic nitrogens is 1. The van der Waals surface area contributed by atoms with E-state index in [4.69, 9.17) is 9.47 Å². The lowest BCUT2D eigenvalue weighted by Gasteiger charge is -2.22. The number of esters is 2. The number of pyridine rings is 1. The van der Waals surface area contributed by atoms with E-state index in [1.807, 2.05) is 0 Å². The Hall–Kier alpha value is -2.90. The molecule has 0 atom stereocenters. The van der Waals surface area contributed by atoms with Gasteiger partial charge in [0.1, 0.15) is 0 Å². The van der Waals surface area contributed by atoms with E-state index < -0.39 is 29.1 Å². The second-order valence-electron chi connectivity index (χ2n) is 7.12. The quantitative estimate of drug-likeness (QED) is 0.572. The summed E-state index contributed by atoms with van der Waals surface area (Å²) in [6.07, 6.45) is -4.23. The Balaban J connectivity index is 2.09. The topological polar surface area (TPSA) is 65.5 Å². The molecule has 3 rings (SSSR count). The molecule has 5 nitrogen and oxygen atoms in total. The Bertz CT molecular complexity index is 965. The first-order chi connectivity index (χ1) is 13.5. The van der Waals surface area contributed by atoms with Crippen molar-refractivity contribution in [1.29, 1.82) is 0 Å². The number of alkyl halides is 3.